The topological polar surface area (TPSA) is 62.4 Å². The third kappa shape index (κ3) is 2.09. The highest BCUT2D eigenvalue weighted by Crippen LogP contribution is 2.57. The highest BCUT2D eigenvalue weighted by molar-refractivity contribution is 5.75. The molecule has 4 heteroatoms. The van der Waals surface area contributed by atoms with E-state index in [0.29, 0.717) is 18.6 Å². The molecule has 6 unspecified atom stereocenters. The van der Waals surface area contributed by atoms with E-state index >= 15 is 0 Å². The fourth-order valence-corrected chi connectivity index (χ4v) is 3.83. The van der Waals surface area contributed by atoms with Crippen LogP contribution in [0.25, 0.3) is 0 Å². The van der Waals surface area contributed by atoms with Gasteiger partial charge in [-0.25, -0.2) is 0 Å². The second kappa shape index (κ2) is 4.19. The van der Waals surface area contributed by atoms with Gasteiger partial charge in [0.2, 0.25) is 0 Å². The Kier molecular flexibility index (Phi) is 2.95. The molecule has 1 saturated carbocycles. The van der Waals surface area contributed by atoms with Crippen molar-refractivity contribution < 1.29 is 19.4 Å². The lowest BCUT2D eigenvalue weighted by Crippen LogP contribution is -2.47. The molecule has 3 rings (SSSR count). The van der Waals surface area contributed by atoms with Gasteiger partial charge in [-0.15, -0.1) is 0 Å². The van der Waals surface area contributed by atoms with Crippen molar-refractivity contribution in [3.8, 4) is 0 Å². The van der Waals surface area contributed by atoms with Crippen LogP contribution in [-0.4, -0.2) is 35.5 Å². The molecule has 3 aliphatic rings. The van der Waals surface area contributed by atoms with E-state index < -0.39 is 11.4 Å². The summed E-state index contributed by atoms with van der Waals surface area (Å²) in [6, 6.07) is 0. The average molecular weight is 268 g/mol. The maximum Gasteiger partial charge on any atom is 0.310 e. The van der Waals surface area contributed by atoms with Crippen LogP contribution in [0.15, 0.2) is 0 Å². The highest BCUT2D eigenvalue weighted by Gasteiger charge is 2.60. The van der Waals surface area contributed by atoms with E-state index in [4.69, 9.17) is 9.47 Å². The average Bonchev–Trinajstić information content (AvgIpc) is 3.23. The highest BCUT2D eigenvalue weighted by atomic mass is 16.6. The summed E-state index contributed by atoms with van der Waals surface area (Å²) in [6.45, 7) is 6.13. The van der Waals surface area contributed by atoms with Crippen LogP contribution in [0.3, 0.4) is 0 Å². The molecule has 1 N–H and O–H groups in total. The molecule has 0 aromatic carbocycles. The molecule has 3 fully saturated rings. The Hall–Kier alpha value is -0.610. The zero-order chi connectivity index (χ0) is 13.8. The third-order valence-corrected chi connectivity index (χ3v) is 5.82. The lowest BCUT2D eigenvalue weighted by Gasteiger charge is -2.45. The predicted octanol–water partition coefficient (Wildman–Crippen LogP) is 2.60. The third-order valence-electron chi connectivity index (χ3n) is 5.82. The molecular formula is C15H24O4. The monoisotopic (exact) mass is 268 g/mol. The van der Waals surface area contributed by atoms with E-state index in [1.807, 2.05) is 6.92 Å². The van der Waals surface area contributed by atoms with Gasteiger partial charge in [-0.3, -0.25) is 4.79 Å². The van der Waals surface area contributed by atoms with E-state index in [1.165, 1.54) is 0 Å². The first-order valence-corrected chi connectivity index (χ1v) is 7.44. The molecule has 0 bridgehead atoms. The second-order valence-corrected chi connectivity index (χ2v) is 6.98. The van der Waals surface area contributed by atoms with Crippen molar-refractivity contribution in [1.82, 2.24) is 0 Å². The largest absolute Gasteiger partial charge is 0.481 e. The molecule has 0 amide bonds. The minimum absolute atomic E-state index is 0.140. The Morgan fingerprint density at radius 1 is 1.37 bits per heavy atom. The Bertz CT molecular complexity index is 396. The number of rotatable bonds is 5. The summed E-state index contributed by atoms with van der Waals surface area (Å²) in [7, 11) is 0. The number of carboxylic acid groups (broad SMARTS) is 1. The van der Waals surface area contributed by atoms with Crippen LogP contribution in [-0.2, 0) is 14.3 Å². The molecule has 6 atom stereocenters. The van der Waals surface area contributed by atoms with Gasteiger partial charge in [0.25, 0.3) is 0 Å². The van der Waals surface area contributed by atoms with Crippen molar-refractivity contribution in [3.63, 3.8) is 0 Å². The SMILES string of the molecule is CCC1OC1CC(C)(C(=O)O)C1(C)CCC2OC2C1. The summed E-state index contributed by atoms with van der Waals surface area (Å²) in [5.41, 5.74) is -0.890. The van der Waals surface area contributed by atoms with Gasteiger partial charge in [-0.05, 0) is 44.4 Å². The van der Waals surface area contributed by atoms with E-state index in [1.54, 1.807) is 0 Å². The van der Waals surface area contributed by atoms with E-state index in [2.05, 4.69) is 13.8 Å². The van der Waals surface area contributed by atoms with Gasteiger partial charge in [0, 0.05) is 0 Å². The van der Waals surface area contributed by atoms with Gasteiger partial charge in [-0.2, -0.15) is 0 Å². The van der Waals surface area contributed by atoms with Crippen LogP contribution in [0.5, 0.6) is 0 Å². The number of aliphatic carboxylic acids is 1. The van der Waals surface area contributed by atoms with Crippen molar-refractivity contribution in [3.05, 3.63) is 0 Å². The molecule has 108 valence electrons. The van der Waals surface area contributed by atoms with Crippen LogP contribution < -0.4 is 0 Å². The van der Waals surface area contributed by atoms with E-state index in [-0.39, 0.29) is 17.6 Å². The van der Waals surface area contributed by atoms with Crippen molar-refractivity contribution in [2.75, 3.05) is 0 Å². The zero-order valence-electron chi connectivity index (χ0n) is 12.0. The first kappa shape index (κ1) is 13.4. The zero-order valence-corrected chi connectivity index (χ0v) is 12.0. The maximum atomic E-state index is 11.9. The molecule has 2 saturated heterocycles. The van der Waals surface area contributed by atoms with Gasteiger partial charge in [-0.1, -0.05) is 13.8 Å². The smallest absolute Gasteiger partial charge is 0.310 e. The first-order chi connectivity index (χ1) is 8.89. The Morgan fingerprint density at radius 2 is 2.11 bits per heavy atom. The maximum absolute atomic E-state index is 11.9. The van der Waals surface area contributed by atoms with Crippen LogP contribution in [0.4, 0.5) is 0 Å². The molecule has 19 heavy (non-hydrogen) atoms. The summed E-state index contributed by atoms with van der Waals surface area (Å²) in [5.74, 6) is -0.681. The molecule has 2 aliphatic heterocycles. The number of ether oxygens (including phenoxy) is 2. The minimum atomic E-state index is -0.710. The van der Waals surface area contributed by atoms with Crippen LogP contribution in [0.2, 0.25) is 0 Å². The standard InChI is InChI=1S/C15H24O4/c1-4-9-12(18-9)8-15(3,13(16)17)14(2)6-5-10-11(7-14)19-10/h9-12H,4-8H2,1-3H3,(H,16,17). The van der Waals surface area contributed by atoms with Crippen molar-refractivity contribution in [2.24, 2.45) is 10.8 Å². The van der Waals surface area contributed by atoms with Crippen LogP contribution in [0, 0.1) is 10.8 Å². The summed E-state index contributed by atoms with van der Waals surface area (Å²) in [6.07, 6.45) is 5.57. The van der Waals surface area contributed by atoms with Gasteiger partial charge in [0.05, 0.1) is 29.8 Å². The lowest BCUT2D eigenvalue weighted by atomic mass is 9.57. The molecule has 4 nitrogen and oxygen atoms in total. The van der Waals surface area contributed by atoms with Gasteiger partial charge < -0.3 is 14.6 Å². The quantitative estimate of drug-likeness (QED) is 0.778. The van der Waals surface area contributed by atoms with Crippen molar-refractivity contribution >= 4 is 5.97 Å². The first-order valence-electron chi connectivity index (χ1n) is 7.44. The van der Waals surface area contributed by atoms with E-state index in [9.17, 15) is 9.90 Å². The van der Waals surface area contributed by atoms with Gasteiger partial charge in [0.15, 0.2) is 0 Å². The Labute approximate surface area is 114 Å². The molecule has 0 aromatic heterocycles. The van der Waals surface area contributed by atoms with E-state index in [0.717, 1.165) is 25.7 Å². The van der Waals surface area contributed by atoms with Crippen molar-refractivity contribution in [1.29, 1.82) is 0 Å². The fraction of sp³-hybridized carbons (Fsp3) is 0.933. The van der Waals surface area contributed by atoms with Gasteiger partial charge >= 0.3 is 5.97 Å². The second-order valence-electron chi connectivity index (χ2n) is 6.98. The Balaban J connectivity index is 1.77. The fourth-order valence-electron chi connectivity index (χ4n) is 3.83. The van der Waals surface area contributed by atoms with Crippen LogP contribution in [0.1, 0.15) is 52.9 Å². The molecule has 0 radical (unpaired) electrons. The number of fused-ring (bicyclic) bond motifs is 1. The number of hydrogen-bond acceptors (Lipinski definition) is 3. The van der Waals surface area contributed by atoms with Gasteiger partial charge in [0.1, 0.15) is 0 Å². The number of epoxide rings is 2. The molecule has 0 spiro atoms. The predicted molar refractivity (Wildman–Crippen MR) is 69.9 cm³/mol. The molecule has 2 heterocycles. The Morgan fingerprint density at radius 3 is 2.63 bits per heavy atom. The van der Waals surface area contributed by atoms with Crippen LogP contribution >= 0.6 is 0 Å². The number of carbonyl (C=O) groups is 1. The number of hydrogen-bond donors (Lipinski definition) is 1. The molecule has 0 aromatic rings. The molecular weight excluding hydrogens is 244 g/mol. The van der Waals surface area contributed by atoms with Crippen molar-refractivity contribution in [2.45, 2.75) is 77.3 Å². The minimum Gasteiger partial charge on any atom is -0.481 e. The summed E-state index contributed by atoms with van der Waals surface area (Å²) in [5, 5.41) is 9.79. The normalized spacial score (nSPS) is 47.1. The summed E-state index contributed by atoms with van der Waals surface area (Å²) in [4.78, 5) is 11.9. The summed E-state index contributed by atoms with van der Waals surface area (Å²) < 4.78 is 11.2. The number of carboxylic acids is 1. The molecule has 1 aliphatic carbocycles. The lowest BCUT2D eigenvalue weighted by molar-refractivity contribution is -0.159. The summed E-state index contributed by atoms with van der Waals surface area (Å²) >= 11 is 0.